The Hall–Kier alpha value is -3.42. The molecule has 1 heterocycles. The van der Waals surface area contributed by atoms with E-state index in [4.69, 9.17) is 0 Å². The molecule has 232 valence electrons. The van der Waals surface area contributed by atoms with Gasteiger partial charge in [0.05, 0.1) is 0 Å². The maximum Gasteiger partial charge on any atom is 0.247 e. The number of aryl methyl sites for hydroxylation is 1. The molecule has 8 nitrogen and oxygen atoms in total. The molecule has 3 atom stereocenters. The molecule has 0 saturated heterocycles. The Bertz CT molecular complexity index is 1020. The second-order valence-electron chi connectivity index (χ2n) is 11.5. The van der Waals surface area contributed by atoms with Crippen LogP contribution in [0.4, 0.5) is 0 Å². The lowest BCUT2D eigenvalue weighted by molar-refractivity contribution is -0.131. The Morgan fingerprint density at radius 2 is 1.67 bits per heavy atom. The molecule has 4 N–H and O–H groups in total. The minimum absolute atomic E-state index is 0.0398. The van der Waals surface area contributed by atoms with E-state index in [9.17, 15) is 19.2 Å². The standard InChI is InChI=1S/C34H52N4O4/c1-4-5-6-7-8-9-13-22-32(40)36-29(21-16-19-27-17-11-10-12-18-27)33(41)38-30-20-14-15-25-35-31(39)24-23-28(26(2)3)37-34(30)42/h10-12,14,17-18,20,23-24,26,28-30H,4-9,13,15-16,19,21-22,25H2,1-3H3,(H,35,39)(H,36,40)(H,37,42)(H,38,41)/b20-14+,24-23+/t28-,29+,30+/m1/s1. The monoisotopic (exact) mass is 580 g/mol. The molecule has 1 aromatic rings. The Balaban J connectivity index is 2.06. The highest BCUT2D eigenvalue weighted by molar-refractivity contribution is 5.93. The first kappa shape index (κ1) is 34.8. The summed E-state index contributed by atoms with van der Waals surface area (Å²) in [5, 5.41) is 11.6. The van der Waals surface area contributed by atoms with E-state index in [-0.39, 0.29) is 35.6 Å². The number of rotatable bonds is 16. The van der Waals surface area contributed by atoms with E-state index < -0.39 is 12.1 Å². The zero-order valence-corrected chi connectivity index (χ0v) is 25.8. The van der Waals surface area contributed by atoms with E-state index in [1.54, 1.807) is 18.2 Å². The average molecular weight is 581 g/mol. The average Bonchev–Trinajstić information content (AvgIpc) is 2.97. The molecule has 0 spiro atoms. The van der Waals surface area contributed by atoms with Gasteiger partial charge in [-0.25, -0.2) is 0 Å². The van der Waals surface area contributed by atoms with Crippen LogP contribution in [-0.2, 0) is 25.6 Å². The molecule has 0 saturated carbocycles. The van der Waals surface area contributed by atoms with Crippen LogP contribution < -0.4 is 21.3 Å². The van der Waals surface area contributed by atoms with Gasteiger partial charge in [0.2, 0.25) is 23.6 Å². The summed E-state index contributed by atoms with van der Waals surface area (Å²) < 4.78 is 0. The van der Waals surface area contributed by atoms with Crippen molar-refractivity contribution in [3.63, 3.8) is 0 Å². The zero-order valence-electron chi connectivity index (χ0n) is 25.8. The highest BCUT2D eigenvalue weighted by atomic mass is 16.2. The Morgan fingerprint density at radius 1 is 0.952 bits per heavy atom. The van der Waals surface area contributed by atoms with Crippen LogP contribution in [0, 0.1) is 5.92 Å². The van der Waals surface area contributed by atoms with Crippen molar-refractivity contribution in [3.8, 4) is 0 Å². The molecule has 0 radical (unpaired) electrons. The van der Waals surface area contributed by atoms with Gasteiger partial charge in [-0.3, -0.25) is 19.2 Å². The van der Waals surface area contributed by atoms with Crippen LogP contribution in [0.3, 0.4) is 0 Å². The molecule has 8 heteroatoms. The minimum Gasteiger partial charge on any atom is -0.352 e. The summed E-state index contributed by atoms with van der Waals surface area (Å²) in [6, 6.07) is 8.03. The molecule has 0 fully saturated rings. The first-order valence-corrected chi connectivity index (χ1v) is 15.9. The zero-order chi connectivity index (χ0) is 30.6. The number of benzene rings is 1. The van der Waals surface area contributed by atoms with Crippen molar-refractivity contribution >= 4 is 23.6 Å². The molecule has 0 bridgehead atoms. The van der Waals surface area contributed by atoms with Crippen LogP contribution in [0.1, 0.15) is 97.0 Å². The number of carbonyl (C=O) groups is 4. The third kappa shape index (κ3) is 14.5. The third-order valence-corrected chi connectivity index (χ3v) is 7.46. The van der Waals surface area contributed by atoms with Crippen LogP contribution in [0.25, 0.3) is 0 Å². The number of carbonyl (C=O) groups excluding carboxylic acids is 4. The Kier molecular flexibility index (Phi) is 16.9. The second-order valence-corrected chi connectivity index (χ2v) is 11.5. The topological polar surface area (TPSA) is 116 Å². The van der Waals surface area contributed by atoms with Crippen LogP contribution in [-0.4, -0.2) is 48.3 Å². The van der Waals surface area contributed by atoms with E-state index in [1.807, 2.05) is 32.0 Å². The number of unbranched alkanes of at least 4 members (excludes halogenated alkanes) is 6. The van der Waals surface area contributed by atoms with Crippen molar-refractivity contribution < 1.29 is 19.2 Å². The third-order valence-electron chi connectivity index (χ3n) is 7.46. The lowest BCUT2D eigenvalue weighted by atomic mass is 10.0. The maximum atomic E-state index is 13.5. The molecular weight excluding hydrogens is 528 g/mol. The molecule has 0 aromatic heterocycles. The summed E-state index contributed by atoms with van der Waals surface area (Å²) in [5.41, 5.74) is 1.17. The fourth-order valence-corrected chi connectivity index (χ4v) is 4.84. The minimum atomic E-state index is -0.904. The van der Waals surface area contributed by atoms with Crippen molar-refractivity contribution in [1.82, 2.24) is 21.3 Å². The maximum absolute atomic E-state index is 13.5. The molecular formula is C34H52N4O4. The van der Waals surface area contributed by atoms with E-state index in [0.717, 1.165) is 25.7 Å². The fourth-order valence-electron chi connectivity index (χ4n) is 4.84. The summed E-state index contributed by atoms with van der Waals surface area (Å²) in [7, 11) is 0. The molecule has 2 rings (SSSR count). The van der Waals surface area contributed by atoms with Crippen molar-refractivity contribution in [2.45, 2.75) is 116 Å². The van der Waals surface area contributed by atoms with Crippen LogP contribution in [0.5, 0.6) is 0 Å². The van der Waals surface area contributed by atoms with Crippen molar-refractivity contribution in [3.05, 3.63) is 60.2 Å². The van der Waals surface area contributed by atoms with Crippen LogP contribution >= 0.6 is 0 Å². The molecule has 4 amide bonds. The predicted octanol–water partition coefficient (Wildman–Crippen LogP) is 4.89. The predicted molar refractivity (Wildman–Crippen MR) is 169 cm³/mol. The number of nitrogens with one attached hydrogen (secondary N) is 4. The van der Waals surface area contributed by atoms with Gasteiger partial charge in [-0.1, -0.05) is 108 Å². The molecule has 1 aliphatic rings. The Labute approximate surface area is 252 Å². The van der Waals surface area contributed by atoms with Gasteiger partial charge >= 0.3 is 0 Å². The fraction of sp³-hybridized carbons (Fsp3) is 0.588. The number of hydrogen-bond acceptors (Lipinski definition) is 4. The second kappa shape index (κ2) is 20.5. The van der Waals surface area contributed by atoms with Crippen molar-refractivity contribution in [2.75, 3.05) is 6.54 Å². The lowest BCUT2D eigenvalue weighted by Gasteiger charge is -2.25. The van der Waals surface area contributed by atoms with Crippen molar-refractivity contribution in [2.24, 2.45) is 5.92 Å². The first-order valence-electron chi connectivity index (χ1n) is 15.9. The van der Waals surface area contributed by atoms with Gasteiger partial charge < -0.3 is 21.3 Å². The van der Waals surface area contributed by atoms with E-state index >= 15 is 0 Å². The largest absolute Gasteiger partial charge is 0.352 e. The first-order chi connectivity index (χ1) is 20.3. The molecule has 1 aliphatic heterocycles. The number of hydrogen-bond donors (Lipinski definition) is 4. The number of amides is 4. The van der Waals surface area contributed by atoms with E-state index in [0.29, 0.717) is 32.2 Å². The summed E-state index contributed by atoms with van der Waals surface area (Å²) >= 11 is 0. The summed E-state index contributed by atoms with van der Waals surface area (Å²) in [6.45, 7) is 6.52. The smallest absolute Gasteiger partial charge is 0.247 e. The summed E-state index contributed by atoms with van der Waals surface area (Å²) in [6.07, 6.45) is 17.2. The SMILES string of the molecule is CCCCCCCCCC(=O)N[C@@H](CCCc1ccccc1)C(=O)N[C@H]1/C=C/CCNC(=O)/C=C/[C@H](C(C)C)NC1=O. The summed E-state index contributed by atoms with van der Waals surface area (Å²) in [5.74, 6) is -1.04. The van der Waals surface area contributed by atoms with E-state index in [1.165, 1.54) is 37.3 Å². The van der Waals surface area contributed by atoms with Gasteiger partial charge in [0.25, 0.3) is 0 Å². The van der Waals surface area contributed by atoms with Gasteiger partial charge in [-0.15, -0.1) is 0 Å². The van der Waals surface area contributed by atoms with Gasteiger partial charge in [-0.2, -0.15) is 0 Å². The summed E-state index contributed by atoms with van der Waals surface area (Å²) in [4.78, 5) is 51.7. The molecule has 0 unspecified atom stereocenters. The quantitative estimate of drug-likeness (QED) is 0.165. The van der Waals surface area contributed by atoms with Gasteiger partial charge in [0, 0.05) is 25.1 Å². The Morgan fingerprint density at radius 3 is 2.38 bits per heavy atom. The molecule has 0 aliphatic carbocycles. The van der Waals surface area contributed by atoms with Crippen LogP contribution in [0.2, 0.25) is 0 Å². The van der Waals surface area contributed by atoms with Gasteiger partial charge in [-0.05, 0) is 43.6 Å². The molecule has 1 aromatic carbocycles. The van der Waals surface area contributed by atoms with Gasteiger partial charge in [0.15, 0.2) is 0 Å². The highest BCUT2D eigenvalue weighted by Crippen LogP contribution is 2.11. The van der Waals surface area contributed by atoms with Crippen molar-refractivity contribution in [1.29, 1.82) is 0 Å². The molecule has 42 heavy (non-hydrogen) atoms. The van der Waals surface area contributed by atoms with Gasteiger partial charge in [0.1, 0.15) is 12.1 Å². The normalized spacial score (nSPS) is 19.9. The highest BCUT2D eigenvalue weighted by Gasteiger charge is 2.27. The lowest BCUT2D eigenvalue weighted by Crippen LogP contribution is -2.54. The van der Waals surface area contributed by atoms with E-state index in [2.05, 4.69) is 40.3 Å². The van der Waals surface area contributed by atoms with Crippen LogP contribution in [0.15, 0.2) is 54.6 Å².